The van der Waals surface area contributed by atoms with Gasteiger partial charge in [-0.25, -0.2) is 0 Å². The fourth-order valence-corrected chi connectivity index (χ4v) is 0.868. The lowest BCUT2D eigenvalue weighted by atomic mass is 10.2. The molecule has 0 aliphatic heterocycles. The van der Waals surface area contributed by atoms with Gasteiger partial charge in [0.05, 0.1) is 0 Å². The number of rotatable bonds is 2. The zero-order chi connectivity index (χ0) is 11.9. The van der Waals surface area contributed by atoms with Gasteiger partial charge in [-0.15, -0.1) is 0 Å². The molecule has 1 aromatic carbocycles. The van der Waals surface area contributed by atoms with Crippen molar-refractivity contribution in [3.05, 3.63) is 48.0 Å². The summed E-state index contributed by atoms with van der Waals surface area (Å²) in [6.07, 6.45) is 6.77. The Labute approximate surface area is 96.0 Å². The zero-order valence-electron chi connectivity index (χ0n) is 11.0. The Kier molecular flexibility index (Phi) is 16.9. The topological polar surface area (TPSA) is 0 Å². The molecule has 0 saturated carbocycles. The van der Waals surface area contributed by atoms with Crippen molar-refractivity contribution in [1.82, 2.24) is 0 Å². The molecule has 0 unspecified atom stereocenters. The molecule has 0 bridgehead atoms. The van der Waals surface area contributed by atoms with Gasteiger partial charge < -0.3 is 0 Å². The van der Waals surface area contributed by atoms with Gasteiger partial charge in [-0.3, -0.25) is 0 Å². The molecule has 0 spiro atoms. The molecule has 0 aromatic heterocycles. The highest BCUT2D eigenvalue weighted by Crippen LogP contribution is 1.92. The van der Waals surface area contributed by atoms with Crippen molar-refractivity contribution in [1.29, 1.82) is 0 Å². The minimum absolute atomic E-state index is 1.23. The summed E-state index contributed by atoms with van der Waals surface area (Å²) in [5.41, 5.74) is 1.32. The molecular weight excluding hydrogens is 180 g/mol. The molecule has 0 nitrogen and oxygen atoms in total. The molecule has 0 heteroatoms. The van der Waals surface area contributed by atoms with E-state index in [4.69, 9.17) is 0 Å². The van der Waals surface area contributed by atoms with E-state index in [9.17, 15) is 0 Å². The molecule has 0 N–H and O–H groups in total. The summed E-state index contributed by atoms with van der Waals surface area (Å²) in [6.45, 7) is 10.3. The first-order chi connectivity index (χ1) is 7.31. The van der Waals surface area contributed by atoms with Gasteiger partial charge in [0.2, 0.25) is 0 Å². The third kappa shape index (κ3) is 15.7. The first-order valence-electron chi connectivity index (χ1n) is 5.94. The van der Waals surface area contributed by atoms with Crippen LogP contribution in [0, 0.1) is 6.92 Å². The highest BCUT2D eigenvalue weighted by atomic mass is 13.8. The van der Waals surface area contributed by atoms with E-state index in [1.807, 2.05) is 32.0 Å². The van der Waals surface area contributed by atoms with Crippen LogP contribution in [0.4, 0.5) is 0 Å². The second-order valence-corrected chi connectivity index (χ2v) is 3.01. The zero-order valence-corrected chi connectivity index (χ0v) is 11.0. The summed E-state index contributed by atoms with van der Waals surface area (Å²) < 4.78 is 0. The molecule has 0 amide bonds. The van der Waals surface area contributed by atoms with E-state index in [0.717, 1.165) is 0 Å². The largest absolute Gasteiger partial charge is 0.0917 e. The van der Waals surface area contributed by atoms with Gasteiger partial charge in [0.15, 0.2) is 0 Å². The van der Waals surface area contributed by atoms with Gasteiger partial charge in [-0.2, -0.15) is 0 Å². The highest BCUT2D eigenvalue weighted by Gasteiger charge is 1.72. The lowest BCUT2D eigenvalue weighted by Crippen LogP contribution is -1.62. The summed E-state index contributed by atoms with van der Waals surface area (Å²) in [4.78, 5) is 0. The maximum atomic E-state index is 2.18. The molecule has 0 fully saturated rings. The Hall–Kier alpha value is -1.04. The third-order valence-corrected chi connectivity index (χ3v) is 1.63. The molecule has 0 atom stereocenters. The van der Waals surface area contributed by atoms with E-state index >= 15 is 0 Å². The highest BCUT2D eigenvalue weighted by molar-refractivity contribution is 5.11. The van der Waals surface area contributed by atoms with Gasteiger partial charge in [0.25, 0.3) is 0 Å². The Balaban J connectivity index is 0. The Morgan fingerprint density at radius 3 is 1.80 bits per heavy atom. The van der Waals surface area contributed by atoms with Crippen LogP contribution in [0.5, 0.6) is 0 Å². The van der Waals surface area contributed by atoms with E-state index in [1.54, 1.807) is 0 Å². The van der Waals surface area contributed by atoms with Crippen LogP contribution in [-0.4, -0.2) is 0 Å². The summed E-state index contributed by atoms with van der Waals surface area (Å²) >= 11 is 0. The van der Waals surface area contributed by atoms with Crippen LogP contribution >= 0.6 is 0 Å². The van der Waals surface area contributed by atoms with Crippen LogP contribution < -0.4 is 0 Å². The van der Waals surface area contributed by atoms with Gasteiger partial charge in [0, 0.05) is 0 Å². The number of aryl methyl sites for hydroxylation is 1. The minimum Gasteiger partial charge on any atom is -0.0917 e. The van der Waals surface area contributed by atoms with Crippen LogP contribution in [0.2, 0.25) is 0 Å². The smallest absolute Gasteiger partial charge is 0.0353 e. The summed E-state index contributed by atoms with van der Waals surface area (Å²) in [6, 6.07) is 10.3. The number of unbranched alkanes of at least 4 members (excludes halogenated alkanes) is 1. The van der Waals surface area contributed by atoms with Crippen LogP contribution in [0.15, 0.2) is 42.5 Å². The quantitative estimate of drug-likeness (QED) is 0.570. The molecule has 0 aliphatic carbocycles. The first-order valence-corrected chi connectivity index (χ1v) is 5.94. The first kappa shape index (κ1) is 16.4. The average molecular weight is 206 g/mol. The molecule has 0 saturated heterocycles. The average Bonchev–Trinajstić information content (AvgIpc) is 2.31. The summed E-state index contributed by atoms with van der Waals surface area (Å²) in [5.74, 6) is 0. The van der Waals surface area contributed by atoms with Crippen molar-refractivity contribution in [2.45, 2.75) is 47.5 Å². The molecule has 0 radical (unpaired) electrons. The summed E-state index contributed by atoms with van der Waals surface area (Å²) in [5, 5.41) is 0. The molecular formula is C15H26. The lowest BCUT2D eigenvalue weighted by molar-refractivity contribution is 0.957. The van der Waals surface area contributed by atoms with E-state index in [1.165, 1.54) is 18.4 Å². The third-order valence-electron chi connectivity index (χ3n) is 1.63. The number of hydrogen-bond donors (Lipinski definition) is 0. The van der Waals surface area contributed by atoms with Crippen molar-refractivity contribution >= 4 is 0 Å². The summed E-state index contributed by atoms with van der Waals surface area (Å²) in [7, 11) is 0. The number of benzene rings is 1. The van der Waals surface area contributed by atoms with Crippen molar-refractivity contribution in [3.8, 4) is 0 Å². The predicted molar refractivity (Wildman–Crippen MR) is 72.2 cm³/mol. The number of allylic oxidation sites excluding steroid dienone is 2. The monoisotopic (exact) mass is 206 g/mol. The molecule has 0 aliphatic rings. The normalized spacial score (nSPS) is 8.60. The second-order valence-electron chi connectivity index (χ2n) is 3.01. The Morgan fingerprint density at radius 1 is 1.07 bits per heavy atom. The fraction of sp³-hybridized carbons (Fsp3) is 0.467. The van der Waals surface area contributed by atoms with Crippen LogP contribution in [0.25, 0.3) is 0 Å². The van der Waals surface area contributed by atoms with Crippen LogP contribution in [0.3, 0.4) is 0 Å². The lowest BCUT2D eigenvalue weighted by Gasteiger charge is -1.82. The van der Waals surface area contributed by atoms with Crippen molar-refractivity contribution < 1.29 is 0 Å². The molecule has 1 rings (SSSR count). The van der Waals surface area contributed by atoms with Crippen molar-refractivity contribution in [2.75, 3.05) is 0 Å². The minimum atomic E-state index is 1.23. The van der Waals surface area contributed by atoms with E-state index in [-0.39, 0.29) is 0 Å². The van der Waals surface area contributed by atoms with Crippen molar-refractivity contribution in [3.63, 3.8) is 0 Å². The van der Waals surface area contributed by atoms with E-state index < -0.39 is 0 Å². The SMILES string of the molecule is C/C=C\CCC.CC.Cc1ccccc1. The van der Waals surface area contributed by atoms with Gasteiger partial charge in [0.1, 0.15) is 0 Å². The molecule has 0 heterocycles. The van der Waals surface area contributed by atoms with E-state index in [2.05, 4.69) is 45.1 Å². The number of hydrogen-bond acceptors (Lipinski definition) is 0. The molecule has 86 valence electrons. The fourth-order valence-electron chi connectivity index (χ4n) is 0.868. The van der Waals surface area contributed by atoms with Gasteiger partial charge in [-0.05, 0) is 20.3 Å². The molecule has 15 heavy (non-hydrogen) atoms. The standard InChI is InChI=1S/C7H8.C6H12.C2H6/c1-7-5-3-2-4-6-7;1-3-5-6-4-2;1-2/h2-6H,1H3;3,5H,4,6H2,1-2H3;1-2H3/b;5-3-;. The van der Waals surface area contributed by atoms with Crippen molar-refractivity contribution in [2.24, 2.45) is 0 Å². The van der Waals surface area contributed by atoms with Gasteiger partial charge >= 0.3 is 0 Å². The maximum absolute atomic E-state index is 2.18. The van der Waals surface area contributed by atoms with Crippen LogP contribution in [-0.2, 0) is 0 Å². The van der Waals surface area contributed by atoms with Crippen LogP contribution in [0.1, 0.15) is 46.1 Å². The maximum Gasteiger partial charge on any atom is -0.0353 e. The Morgan fingerprint density at radius 2 is 1.60 bits per heavy atom. The van der Waals surface area contributed by atoms with Gasteiger partial charge in [-0.1, -0.05) is 75.2 Å². The molecule has 1 aromatic rings. The predicted octanol–water partition coefficient (Wildman–Crippen LogP) is 5.38. The Bertz CT molecular complexity index is 209. The second kappa shape index (κ2) is 15.4. The van der Waals surface area contributed by atoms with E-state index in [0.29, 0.717) is 0 Å².